The summed E-state index contributed by atoms with van der Waals surface area (Å²) in [5.41, 5.74) is 1.29. The highest BCUT2D eigenvalue weighted by molar-refractivity contribution is 5.03. The molecule has 84 valence electrons. The van der Waals surface area contributed by atoms with Crippen LogP contribution in [0, 0.1) is 5.92 Å². The largest absolute Gasteiger partial charge is 0.310 e. The Morgan fingerprint density at radius 2 is 2.40 bits per heavy atom. The third-order valence-corrected chi connectivity index (χ3v) is 3.29. The standard InChI is InChI=1S/C12H21N3/c1-10-4-3-5-12(6-10)13-7-11-8-14-15(2)9-11/h8-10,12-13H,3-7H2,1-2H3/t10-,12+/m1/s1. The van der Waals surface area contributed by atoms with E-state index in [2.05, 4.69) is 23.5 Å². The van der Waals surface area contributed by atoms with Crippen molar-refractivity contribution >= 4 is 0 Å². The van der Waals surface area contributed by atoms with Crippen LogP contribution in [0.5, 0.6) is 0 Å². The summed E-state index contributed by atoms with van der Waals surface area (Å²) >= 11 is 0. The fourth-order valence-corrected chi connectivity index (χ4v) is 2.44. The summed E-state index contributed by atoms with van der Waals surface area (Å²) in [4.78, 5) is 0. The fraction of sp³-hybridized carbons (Fsp3) is 0.750. The lowest BCUT2D eigenvalue weighted by Gasteiger charge is -2.27. The molecule has 1 aromatic rings. The minimum Gasteiger partial charge on any atom is -0.310 e. The van der Waals surface area contributed by atoms with E-state index < -0.39 is 0 Å². The van der Waals surface area contributed by atoms with Crippen molar-refractivity contribution in [2.75, 3.05) is 0 Å². The third kappa shape index (κ3) is 3.06. The molecule has 3 heteroatoms. The molecule has 2 atom stereocenters. The van der Waals surface area contributed by atoms with Gasteiger partial charge in [-0.05, 0) is 18.8 Å². The first kappa shape index (κ1) is 10.7. The van der Waals surface area contributed by atoms with Gasteiger partial charge >= 0.3 is 0 Å². The van der Waals surface area contributed by atoms with Gasteiger partial charge < -0.3 is 5.32 Å². The van der Waals surface area contributed by atoms with E-state index in [9.17, 15) is 0 Å². The zero-order valence-corrected chi connectivity index (χ0v) is 9.74. The van der Waals surface area contributed by atoms with Crippen molar-refractivity contribution < 1.29 is 0 Å². The number of hydrogen-bond acceptors (Lipinski definition) is 2. The summed E-state index contributed by atoms with van der Waals surface area (Å²) in [5.74, 6) is 0.894. The average molecular weight is 207 g/mol. The molecule has 0 aromatic carbocycles. The van der Waals surface area contributed by atoms with Gasteiger partial charge in [-0.25, -0.2) is 0 Å². The van der Waals surface area contributed by atoms with E-state index in [0.29, 0.717) is 6.04 Å². The molecular weight excluding hydrogens is 186 g/mol. The maximum absolute atomic E-state index is 4.17. The van der Waals surface area contributed by atoms with Gasteiger partial charge in [-0.1, -0.05) is 19.8 Å². The van der Waals surface area contributed by atoms with Gasteiger partial charge in [0.2, 0.25) is 0 Å². The molecule has 1 heterocycles. The van der Waals surface area contributed by atoms with Gasteiger partial charge in [0.25, 0.3) is 0 Å². The molecule has 0 saturated heterocycles. The number of nitrogens with zero attached hydrogens (tertiary/aromatic N) is 2. The lowest BCUT2D eigenvalue weighted by molar-refractivity contribution is 0.300. The van der Waals surface area contributed by atoms with Crippen LogP contribution in [-0.4, -0.2) is 15.8 Å². The first-order valence-corrected chi connectivity index (χ1v) is 5.95. The van der Waals surface area contributed by atoms with Gasteiger partial charge in [-0.15, -0.1) is 0 Å². The summed E-state index contributed by atoms with van der Waals surface area (Å²) in [5, 5.41) is 7.80. The van der Waals surface area contributed by atoms with Crippen molar-refractivity contribution in [3.05, 3.63) is 18.0 Å². The van der Waals surface area contributed by atoms with E-state index in [1.807, 2.05) is 17.9 Å². The first-order valence-electron chi connectivity index (χ1n) is 5.95. The smallest absolute Gasteiger partial charge is 0.0534 e. The van der Waals surface area contributed by atoms with Gasteiger partial charge in [0, 0.05) is 31.4 Å². The zero-order chi connectivity index (χ0) is 10.7. The number of aryl methyl sites for hydroxylation is 1. The molecule has 0 unspecified atom stereocenters. The lowest BCUT2D eigenvalue weighted by Crippen LogP contribution is -2.32. The Balaban J connectivity index is 1.77. The molecule has 1 aliphatic carbocycles. The molecular formula is C12H21N3. The number of rotatable bonds is 3. The maximum Gasteiger partial charge on any atom is 0.0534 e. The van der Waals surface area contributed by atoms with E-state index in [-0.39, 0.29) is 0 Å². The number of aromatic nitrogens is 2. The summed E-state index contributed by atoms with van der Waals surface area (Å²) < 4.78 is 1.86. The second-order valence-corrected chi connectivity index (χ2v) is 4.87. The zero-order valence-electron chi connectivity index (χ0n) is 9.74. The minimum atomic E-state index is 0.717. The molecule has 0 radical (unpaired) electrons. The summed E-state index contributed by atoms with van der Waals surface area (Å²) in [7, 11) is 1.96. The van der Waals surface area contributed by atoms with Gasteiger partial charge in [0.05, 0.1) is 6.20 Å². The Morgan fingerprint density at radius 3 is 3.07 bits per heavy atom. The van der Waals surface area contributed by atoms with E-state index >= 15 is 0 Å². The van der Waals surface area contributed by atoms with E-state index in [0.717, 1.165) is 12.5 Å². The van der Waals surface area contributed by atoms with Crippen LogP contribution >= 0.6 is 0 Å². The van der Waals surface area contributed by atoms with Crippen LogP contribution in [0.25, 0.3) is 0 Å². The Hall–Kier alpha value is -0.830. The van der Waals surface area contributed by atoms with Crippen LogP contribution in [0.1, 0.15) is 38.2 Å². The van der Waals surface area contributed by atoms with Crippen molar-refractivity contribution in [2.45, 2.75) is 45.2 Å². The van der Waals surface area contributed by atoms with Crippen LogP contribution in [-0.2, 0) is 13.6 Å². The van der Waals surface area contributed by atoms with Crippen LogP contribution in [0.3, 0.4) is 0 Å². The van der Waals surface area contributed by atoms with Crippen LogP contribution in [0.4, 0.5) is 0 Å². The van der Waals surface area contributed by atoms with Crippen molar-refractivity contribution in [2.24, 2.45) is 13.0 Å². The Kier molecular flexibility index (Phi) is 3.41. The van der Waals surface area contributed by atoms with Crippen LogP contribution in [0.15, 0.2) is 12.4 Å². The van der Waals surface area contributed by atoms with Crippen LogP contribution in [0.2, 0.25) is 0 Å². The normalized spacial score (nSPS) is 26.8. The molecule has 1 N–H and O–H groups in total. The minimum absolute atomic E-state index is 0.717. The maximum atomic E-state index is 4.17. The lowest BCUT2D eigenvalue weighted by atomic mass is 9.87. The number of nitrogens with one attached hydrogen (secondary N) is 1. The van der Waals surface area contributed by atoms with Crippen molar-refractivity contribution in [3.63, 3.8) is 0 Å². The SMILES string of the molecule is C[C@@H]1CCC[C@H](NCc2cnn(C)c2)C1. The van der Waals surface area contributed by atoms with E-state index in [4.69, 9.17) is 0 Å². The summed E-state index contributed by atoms with van der Waals surface area (Å²) in [6.07, 6.45) is 9.49. The second-order valence-electron chi connectivity index (χ2n) is 4.87. The fourth-order valence-electron chi connectivity index (χ4n) is 2.44. The second kappa shape index (κ2) is 4.79. The predicted octanol–water partition coefficient (Wildman–Crippen LogP) is 2.09. The first-order chi connectivity index (χ1) is 7.24. The van der Waals surface area contributed by atoms with Crippen molar-refractivity contribution in [1.29, 1.82) is 0 Å². The van der Waals surface area contributed by atoms with E-state index in [1.54, 1.807) is 0 Å². The summed E-state index contributed by atoms with van der Waals surface area (Å²) in [6, 6.07) is 0.717. The van der Waals surface area contributed by atoms with Crippen molar-refractivity contribution in [1.82, 2.24) is 15.1 Å². The highest BCUT2D eigenvalue weighted by Crippen LogP contribution is 2.23. The number of hydrogen-bond donors (Lipinski definition) is 1. The molecule has 2 rings (SSSR count). The molecule has 0 bridgehead atoms. The molecule has 0 spiro atoms. The third-order valence-electron chi connectivity index (χ3n) is 3.29. The molecule has 1 saturated carbocycles. The Bertz CT molecular complexity index is 306. The van der Waals surface area contributed by atoms with Crippen molar-refractivity contribution in [3.8, 4) is 0 Å². The van der Waals surface area contributed by atoms with Gasteiger partial charge in [-0.3, -0.25) is 4.68 Å². The Morgan fingerprint density at radius 1 is 1.53 bits per heavy atom. The highest BCUT2D eigenvalue weighted by Gasteiger charge is 2.17. The van der Waals surface area contributed by atoms with Gasteiger partial charge in [0.1, 0.15) is 0 Å². The monoisotopic (exact) mass is 207 g/mol. The highest BCUT2D eigenvalue weighted by atomic mass is 15.2. The average Bonchev–Trinajstić information content (AvgIpc) is 2.62. The predicted molar refractivity (Wildman–Crippen MR) is 61.5 cm³/mol. The molecule has 0 amide bonds. The molecule has 1 aromatic heterocycles. The molecule has 0 aliphatic heterocycles. The molecule has 1 aliphatic rings. The van der Waals surface area contributed by atoms with Crippen LogP contribution < -0.4 is 5.32 Å². The quantitative estimate of drug-likeness (QED) is 0.822. The topological polar surface area (TPSA) is 29.9 Å². The van der Waals surface area contributed by atoms with Gasteiger partial charge in [-0.2, -0.15) is 5.10 Å². The molecule has 15 heavy (non-hydrogen) atoms. The van der Waals surface area contributed by atoms with E-state index in [1.165, 1.54) is 31.2 Å². The van der Waals surface area contributed by atoms with Gasteiger partial charge in [0.15, 0.2) is 0 Å². The summed E-state index contributed by atoms with van der Waals surface area (Å²) in [6.45, 7) is 3.32. The molecule has 3 nitrogen and oxygen atoms in total. The molecule has 1 fully saturated rings. The Labute approximate surface area is 91.9 Å².